The van der Waals surface area contributed by atoms with E-state index in [1.165, 1.54) is 36.5 Å². The summed E-state index contributed by atoms with van der Waals surface area (Å²) >= 11 is 11.5. The van der Waals surface area contributed by atoms with Crippen molar-refractivity contribution in [1.82, 2.24) is 4.98 Å². The molecule has 21 heavy (non-hydrogen) atoms. The van der Waals surface area contributed by atoms with Gasteiger partial charge in [0.1, 0.15) is 5.15 Å². The number of aromatic nitrogens is 1. The molecular formula is C12H9Cl2N3O3S. The number of benzene rings is 1. The largest absolute Gasteiger partial charge is 0.366 e. The molecule has 0 spiro atoms. The zero-order chi connectivity index (χ0) is 15.6. The third kappa shape index (κ3) is 3.63. The average Bonchev–Trinajstić information content (AvgIpc) is 2.40. The first-order chi connectivity index (χ1) is 9.79. The molecule has 9 heteroatoms. The number of nitrogens with zero attached hydrogens (tertiary/aromatic N) is 1. The first-order valence-corrected chi connectivity index (χ1v) is 7.77. The number of sulfonamides is 1. The van der Waals surface area contributed by atoms with E-state index in [1.54, 1.807) is 0 Å². The van der Waals surface area contributed by atoms with Gasteiger partial charge in [-0.25, -0.2) is 13.4 Å². The zero-order valence-electron chi connectivity index (χ0n) is 10.4. The lowest BCUT2D eigenvalue weighted by molar-refractivity contribution is 0.100. The highest BCUT2D eigenvalue weighted by molar-refractivity contribution is 7.92. The summed E-state index contributed by atoms with van der Waals surface area (Å²) in [6.45, 7) is 0. The normalized spacial score (nSPS) is 11.1. The predicted octanol–water partition coefficient (Wildman–Crippen LogP) is 2.29. The second-order valence-corrected chi connectivity index (χ2v) is 6.46. The van der Waals surface area contributed by atoms with Gasteiger partial charge in [0.15, 0.2) is 0 Å². The number of carbonyl (C=O) groups is 1. The summed E-state index contributed by atoms with van der Waals surface area (Å²) in [4.78, 5) is 14.8. The molecule has 2 aromatic rings. The standard InChI is InChI=1S/C12H9Cl2N3O3S/c13-10-2-1-7(5-9(10)12(15)18)17-21(19,20)8-3-4-16-11(14)6-8/h1-6,17H,(H2,15,18). The molecule has 0 aliphatic rings. The molecule has 0 atom stereocenters. The lowest BCUT2D eigenvalue weighted by Gasteiger charge is -2.09. The highest BCUT2D eigenvalue weighted by Gasteiger charge is 2.16. The van der Waals surface area contributed by atoms with Crippen molar-refractivity contribution in [3.63, 3.8) is 0 Å². The van der Waals surface area contributed by atoms with Crippen molar-refractivity contribution >= 4 is 44.8 Å². The molecule has 6 nitrogen and oxygen atoms in total. The Hall–Kier alpha value is -1.83. The monoisotopic (exact) mass is 345 g/mol. The van der Waals surface area contributed by atoms with E-state index in [0.717, 1.165) is 0 Å². The molecule has 0 saturated carbocycles. The van der Waals surface area contributed by atoms with E-state index < -0.39 is 15.9 Å². The molecule has 0 aliphatic heterocycles. The van der Waals surface area contributed by atoms with Crippen LogP contribution in [0.2, 0.25) is 10.2 Å². The highest BCUT2D eigenvalue weighted by Crippen LogP contribution is 2.23. The number of primary amides is 1. The maximum atomic E-state index is 12.2. The molecule has 0 aliphatic carbocycles. The summed E-state index contributed by atoms with van der Waals surface area (Å²) < 4.78 is 26.7. The fraction of sp³-hybridized carbons (Fsp3) is 0. The van der Waals surface area contributed by atoms with Crippen molar-refractivity contribution in [2.24, 2.45) is 5.73 Å². The SMILES string of the molecule is NC(=O)c1cc(NS(=O)(=O)c2ccnc(Cl)c2)ccc1Cl. The van der Waals surface area contributed by atoms with Gasteiger partial charge in [-0.3, -0.25) is 9.52 Å². The van der Waals surface area contributed by atoms with Gasteiger partial charge < -0.3 is 5.73 Å². The van der Waals surface area contributed by atoms with E-state index in [0.29, 0.717) is 0 Å². The quantitative estimate of drug-likeness (QED) is 0.829. The summed E-state index contributed by atoms with van der Waals surface area (Å²) in [5, 5.41) is 0.184. The molecule has 0 bridgehead atoms. The maximum Gasteiger partial charge on any atom is 0.262 e. The van der Waals surface area contributed by atoms with Crippen molar-refractivity contribution in [3.05, 3.63) is 52.3 Å². The smallest absolute Gasteiger partial charge is 0.262 e. The van der Waals surface area contributed by atoms with Crippen molar-refractivity contribution in [2.75, 3.05) is 4.72 Å². The number of amides is 1. The number of hydrogen-bond acceptors (Lipinski definition) is 4. The van der Waals surface area contributed by atoms with E-state index in [2.05, 4.69) is 9.71 Å². The van der Waals surface area contributed by atoms with Crippen LogP contribution in [0.4, 0.5) is 5.69 Å². The minimum Gasteiger partial charge on any atom is -0.366 e. The van der Waals surface area contributed by atoms with Crippen LogP contribution in [-0.2, 0) is 10.0 Å². The minimum atomic E-state index is -3.86. The molecule has 1 aromatic heterocycles. The Labute approximate surface area is 130 Å². The van der Waals surface area contributed by atoms with Crippen LogP contribution in [0.5, 0.6) is 0 Å². The van der Waals surface area contributed by atoms with Gasteiger partial charge in [0, 0.05) is 11.9 Å². The molecule has 110 valence electrons. The Morgan fingerprint density at radius 1 is 1.19 bits per heavy atom. The number of nitrogens with two attached hydrogens (primary N) is 1. The molecular weight excluding hydrogens is 337 g/mol. The maximum absolute atomic E-state index is 12.2. The third-order valence-electron chi connectivity index (χ3n) is 2.49. The van der Waals surface area contributed by atoms with Gasteiger partial charge in [0.25, 0.3) is 10.0 Å². The Morgan fingerprint density at radius 2 is 1.90 bits per heavy atom. The molecule has 2 rings (SSSR count). The third-order valence-corrected chi connectivity index (χ3v) is 4.41. The lowest BCUT2D eigenvalue weighted by atomic mass is 10.2. The van der Waals surface area contributed by atoms with Gasteiger partial charge in [-0.2, -0.15) is 0 Å². The molecule has 1 heterocycles. The first-order valence-electron chi connectivity index (χ1n) is 5.53. The van der Waals surface area contributed by atoms with Crippen molar-refractivity contribution in [3.8, 4) is 0 Å². The zero-order valence-corrected chi connectivity index (χ0v) is 12.7. The van der Waals surface area contributed by atoms with Crippen LogP contribution in [0, 0.1) is 0 Å². The average molecular weight is 346 g/mol. The van der Waals surface area contributed by atoms with Crippen LogP contribution in [0.1, 0.15) is 10.4 Å². The number of halogens is 2. The van der Waals surface area contributed by atoms with Crippen LogP contribution in [-0.4, -0.2) is 19.3 Å². The topological polar surface area (TPSA) is 102 Å². The molecule has 0 radical (unpaired) electrons. The van der Waals surface area contributed by atoms with Gasteiger partial charge >= 0.3 is 0 Å². The van der Waals surface area contributed by atoms with E-state index in [4.69, 9.17) is 28.9 Å². The van der Waals surface area contributed by atoms with E-state index in [1.807, 2.05) is 0 Å². The van der Waals surface area contributed by atoms with Crippen LogP contribution >= 0.6 is 23.2 Å². The Morgan fingerprint density at radius 3 is 2.52 bits per heavy atom. The summed E-state index contributed by atoms with van der Waals surface area (Å²) in [7, 11) is -3.86. The van der Waals surface area contributed by atoms with Gasteiger partial charge in [-0.05, 0) is 30.3 Å². The van der Waals surface area contributed by atoms with Crippen LogP contribution < -0.4 is 10.5 Å². The molecule has 0 fully saturated rings. The summed E-state index contributed by atoms with van der Waals surface area (Å²) in [6, 6.07) is 6.53. The Kier molecular flexibility index (Phi) is 4.36. The molecule has 0 saturated heterocycles. The number of carbonyl (C=O) groups excluding carboxylic acids is 1. The molecule has 3 N–H and O–H groups in total. The van der Waals surface area contributed by atoms with Gasteiger partial charge in [-0.15, -0.1) is 0 Å². The fourth-order valence-corrected chi connectivity index (χ4v) is 3.05. The number of nitrogens with one attached hydrogen (secondary N) is 1. The summed E-state index contributed by atoms with van der Waals surface area (Å²) in [6.07, 6.45) is 1.27. The molecule has 1 aromatic carbocycles. The van der Waals surface area contributed by atoms with Crippen LogP contribution in [0.25, 0.3) is 0 Å². The number of rotatable bonds is 4. The number of anilines is 1. The second kappa shape index (κ2) is 5.88. The highest BCUT2D eigenvalue weighted by atomic mass is 35.5. The summed E-state index contributed by atoms with van der Waals surface area (Å²) in [5.41, 5.74) is 5.32. The van der Waals surface area contributed by atoms with Crippen LogP contribution in [0.15, 0.2) is 41.4 Å². The minimum absolute atomic E-state index is 0.0182. The first kappa shape index (κ1) is 15.6. The second-order valence-electron chi connectivity index (χ2n) is 3.98. The lowest BCUT2D eigenvalue weighted by Crippen LogP contribution is -2.15. The van der Waals surface area contributed by atoms with Crippen LogP contribution in [0.3, 0.4) is 0 Å². The molecule has 1 amide bonds. The van der Waals surface area contributed by atoms with Crippen molar-refractivity contribution in [2.45, 2.75) is 4.90 Å². The van der Waals surface area contributed by atoms with E-state index in [-0.39, 0.29) is 26.3 Å². The van der Waals surface area contributed by atoms with Gasteiger partial charge in [0.05, 0.1) is 15.5 Å². The van der Waals surface area contributed by atoms with Crippen molar-refractivity contribution in [1.29, 1.82) is 0 Å². The van der Waals surface area contributed by atoms with Gasteiger partial charge in [-0.1, -0.05) is 23.2 Å². The Balaban J connectivity index is 2.37. The molecule has 0 unspecified atom stereocenters. The van der Waals surface area contributed by atoms with Crippen molar-refractivity contribution < 1.29 is 13.2 Å². The Bertz CT molecular complexity index is 809. The number of pyridine rings is 1. The predicted molar refractivity (Wildman–Crippen MR) is 80.0 cm³/mol. The van der Waals surface area contributed by atoms with E-state index in [9.17, 15) is 13.2 Å². The number of hydrogen-bond donors (Lipinski definition) is 2. The van der Waals surface area contributed by atoms with Gasteiger partial charge in [0.2, 0.25) is 5.91 Å². The van der Waals surface area contributed by atoms with E-state index >= 15 is 0 Å². The summed E-state index contributed by atoms with van der Waals surface area (Å²) in [5.74, 6) is -0.756. The fourth-order valence-electron chi connectivity index (χ4n) is 1.54.